The summed E-state index contributed by atoms with van der Waals surface area (Å²) in [6.07, 6.45) is 4.21. The fourth-order valence-electron chi connectivity index (χ4n) is 2.61. The Morgan fingerprint density at radius 2 is 2.04 bits per heavy atom. The molecule has 0 radical (unpaired) electrons. The number of sulfone groups is 1. The molecule has 0 aliphatic carbocycles. The lowest BCUT2D eigenvalue weighted by Gasteiger charge is -2.03. The second-order valence-electron chi connectivity index (χ2n) is 5.71. The first-order valence-corrected chi connectivity index (χ1v) is 9.25. The summed E-state index contributed by atoms with van der Waals surface area (Å²) in [6, 6.07) is 6.52. The van der Waals surface area contributed by atoms with Crippen LogP contribution in [0, 0.1) is 5.92 Å². The zero-order valence-corrected chi connectivity index (χ0v) is 14.5. The van der Waals surface area contributed by atoms with Crippen LogP contribution in [-0.4, -0.2) is 37.9 Å². The topological polar surface area (TPSA) is 85.1 Å². The molecular formula is C15H20ClN3O3S. The smallest absolute Gasteiger partial charge is 0.226 e. The number of hydrogen-bond donors (Lipinski definition) is 1. The SMILES string of the molecule is CS(=O)(=O)c1ccc(-c2noc(CCC3CCNC3)n2)cc1.Cl. The van der Waals surface area contributed by atoms with E-state index in [4.69, 9.17) is 4.52 Å². The number of rotatable bonds is 5. The van der Waals surface area contributed by atoms with Crippen molar-refractivity contribution in [1.82, 2.24) is 15.5 Å². The van der Waals surface area contributed by atoms with Gasteiger partial charge in [0, 0.05) is 18.2 Å². The summed E-state index contributed by atoms with van der Waals surface area (Å²) in [5, 5.41) is 7.31. The molecule has 1 unspecified atom stereocenters. The average Bonchev–Trinajstić information content (AvgIpc) is 3.16. The first-order valence-electron chi connectivity index (χ1n) is 7.36. The summed E-state index contributed by atoms with van der Waals surface area (Å²) in [4.78, 5) is 4.67. The molecule has 1 aromatic heterocycles. The molecule has 0 amide bonds. The van der Waals surface area contributed by atoms with Crippen molar-refractivity contribution in [2.45, 2.75) is 24.2 Å². The van der Waals surface area contributed by atoms with Crippen molar-refractivity contribution in [3.8, 4) is 11.4 Å². The van der Waals surface area contributed by atoms with E-state index < -0.39 is 9.84 Å². The molecule has 0 bridgehead atoms. The average molecular weight is 358 g/mol. The Bertz CT molecular complexity index is 738. The minimum atomic E-state index is -3.18. The number of hydrogen-bond acceptors (Lipinski definition) is 6. The maximum Gasteiger partial charge on any atom is 0.226 e. The minimum absolute atomic E-state index is 0. The fourth-order valence-corrected chi connectivity index (χ4v) is 3.24. The Kier molecular flexibility index (Phi) is 5.78. The number of nitrogens with one attached hydrogen (secondary N) is 1. The van der Waals surface area contributed by atoms with Crippen molar-refractivity contribution in [2.75, 3.05) is 19.3 Å². The number of aryl methyl sites for hydroxylation is 1. The summed E-state index contributed by atoms with van der Waals surface area (Å²) in [6.45, 7) is 2.15. The lowest BCUT2D eigenvalue weighted by molar-refractivity contribution is 0.365. The van der Waals surface area contributed by atoms with Gasteiger partial charge in [-0.05, 0) is 56.1 Å². The van der Waals surface area contributed by atoms with Gasteiger partial charge in [-0.25, -0.2) is 8.42 Å². The Morgan fingerprint density at radius 1 is 1.30 bits per heavy atom. The summed E-state index contributed by atoms with van der Waals surface area (Å²) < 4.78 is 28.2. The van der Waals surface area contributed by atoms with Gasteiger partial charge in [0.15, 0.2) is 9.84 Å². The maximum absolute atomic E-state index is 11.4. The van der Waals surface area contributed by atoms with E-state index in [1.54, 1.807) is 24.3 Å². The van der Waals surface area contributed by atoms with Crippen LogP contribution in [0.25, 0.3) is 11.4 Å². The maximum atomic E-state index is 11.4. The van der Waals surface area contributed by atoms with Crippen LogP contribution in [0.5, 0.6) is 0 Å². The monoisotopic (exact) mass is 357 g/mol. The van der Waals surface area contributed by atoms with Gasteiger partial charge in [-0.2, -0.15) is 4.98 Å². The third kappa shape index (κ3) is 4.53. The Labute approximate surface area is 142 Å². The summed E-state index contributed by atoms with van der Waals surface area (Å²) >= 11 is 0. The van der Waals surface area contributed by atoms with E-state index in [0.29, 0.717) is 17.6 Å². The molecule has 0 spiro atoms. The highest BCUT2D eigenvalue weighted by molar-refractivity contribution is 7.90. The molecule has 1 aliphatic rings. The van der Waals surface area contributed by atoms with Gasteiger partial charge in [0.25, 0.3) is 0 Å². The number of aromatic nitrogens is 2. The number of nitrogens with zero attached hydrogens (tertiary/aromatic N) is 2. The lowest BCUT2D eigenvalue weighted by Crippen LogP contribution is -2.09. The van der Waals surface area contributed by atoms with Gasteiger partial charge in [-0.1, -0.05) is 5.16 Å². The van der Waals surface area contributed by atoms with Crippen LogP contribution >= 0.6 is 12.4 Å². The largest absolute Gasteiger partial charge is 0.339 e. The Hall–Kier alpha value is -1.44. The molecule has 1 atom stereocenters. The predicted molar refractivity (Wildman–Crippen MR) is 89.4 cm³/mol. The highest BCUT2D eigenvalue weighted by Crippen LogP contribution is 2.20. The standard InChI is InChI=1S/C15H19N3O3S.ClH/c1-22(19,20)13-5-3-12(4-6-13)15-17-14(21-18-15)7-2-11-8-9-16-10-11;/h3-6,11,16H,2,7-10H2,1H3;1H. The molecule has 1 fully saturated rings. The zero-order valence-electron chi connectivity index (χ0n) is 12.9. The van der Waals surface area contributed by atoms with Crippen LogP contribution in [0.3, 0.4) is 0 Å². The van der Waals surface area contributed by atoms with Gasteiger partial charge in [0.1, 0.15) is 0 Å². The predicted octanol–water partition coefficient (Wildman–Crippen LogP) is 2.10. The zero-order chi connectivity index (χ0) is 15.6. The lowest BCUT2D eigenvalue weighted by atomic mass is 10.0. The highest BCUT2D eigenvalue weighted by atomic mass is 35.5. The van der Waals surface area contributed by atoms with E-state index in [-0.39, 0.29) is 17.3 Å². The third-order valence-electron chi connectivity index (χ3n) is 3.94. The van der Waals surface area contributed by atoms with Crippen LogP contribution in [-0.2, 0) is 16.3 Å². The fraction of sp³-hybridized carbons (Fsp3) is 0.467. The van der Waals surface area contributed by atoms with E-state index in [2.05, 4.69) is 15.5 Å². The van der Waals surface area contributed by atoms with Crippen LogP contribution in [0.2, 0.25) is 0 Å². The first-order chi connectivity index (χ1) is 10.5. The third-order valence-corrected chi connectivity index (χ3v) is 5.07. The highest BCUT2D eigenvalue weighted by Gasteiger charge is 2.16. The van der Waals surface area contributed by atoms with Crippen LogP contribution < -0.4 is 5.32 Å². The summed E-state index contributed by atoms with van der Waals surface area (Å²) in [5.41, 5.74) is 0.755. The molecule has 6 nitrogen and oxygen atoms in total. The van der Waals surface area contributed by atoms with Crippen LogP contribution in [0.1, 0.15) is 18.7 Å². The molecule has 1 aliphatic heterocycles. The second kappa shape index (κ2) is 7.42. The van der Waals surface area contributed by atoms with Gasteiger partial charge in [0.05, 0.1) is 4.90 Å². The van der Waals surface area contributed by atoms with Gasteiger partial charge in [-0.15, -0.1) is 12.4 Å². The van der Waals surface area contributed by atoms with Crippen LogP contribution in [0.15, 0.2) is 33.7 Å². The van der Waals surface area contributed by atoms with E-state index >= 15 is 0 Å². The van der Waals surface area contributed by atoms with Crippen molar-refractivity contribution in [3.63, 3.8) is 0 Å². The summed E-state index contributed by atoms with van der Waals surface area (Å²) in [7, 11) is -3.18. The van der Waals surface area contributed by atoms with Gasteiger partial charge in [-0.3, -0.25) is 0 Å². The first kappa shape index (κ1) is 17.9. The van der Waals surface area contributed by atoms with Gasteiger partial charge >= 0.3 is 0 Å². The van der Waals surface area contributed by atoms with E-state index in [9.17, 15) is 8.42 Å². The van der Waals surface area contributed by atoms with Crippen molar-refractivity contribution in [2.24, 2.45) is 5.92 Å². The molecule has 2 heterocycles. The van der Waals surface area contributed by atoms with E-state index in [1.807, 2.05) is 0 Å². The molecule has 126 valence electrons. The molecule has 8 heteroatoms. The van der Waals surface area contributed by atoms with Crippen molar-refractivity contribution >= 4 is 22.2 Å². The van der Waals surface area contributed by atoms with Gasteiger partial charge < -0.3 is 9.84 Å². The van der Waals surface area contributed by atoms with Crippen molar-refractivity contribution in [1.29, 1.82) is 0 Å². The molecule has 1 saturated heterocycles. The second-order valence-corrected chi connectivity index (χ2v) is 7.72. The molecule has 1 N–H and O–H groups in total. The van der Waals surface area contributed by atoms with Gasteiger partial charge in [0.2, 0.25) is 11.7 Å². The molecule has 3 rings (SSSR count). The van der Waals surface area contributed by atoms with Crippen molar-refractivity contribution in [3.05, 3.63) is 30.2 Å². The Balaban J connectivity index is 0.00000192. The molecule has 0 saturated carbocycles. The van der Waals surface area contributed by atoms with E-state index in [0.717, 1.165) is 31.5 Å². The number of halogens is 1. The normalized spacial score (nSPS) is 17.9. The minimum Gasteiger partial charge on any atom is -0.339 e. The molecule has 2 aromatic rings. The number of benzene rings is 1. The molecular weight excluding hydrogens is 338 g/mol. The summed E-state index contributed by atoms with van der Waals surface area (Å²) in [5.74, 6) is 1.82. The van der Waals surface area contributed by atoms with Crippen LogP contribution in [0.4, 0.5) is 0 Å². The quantitative estimate of drug-likeness (QED) is 0.882. The molecule has 23 heavy (non-hydrogen) atoms. The Morgan fingerprint density at radius 3 is 2.65 bits per heavy atom. The van der Waals surface area contributed by atoms with E-state index in [1.165, 1.54) is 12.7 Å². The van der Waals surface area contributed by atoms with Crippen molar-refractivity contribution < 1.29 is 12.9 Å². The molecule has 1 aromatic carbocycles.